The van der Waals surface area contributed by atoms with Crippen LogP contribution < -0.4 is 0 Å². The SMILES string of the molecule is O=P(O)(OCO)OCCC#CC#CCCCCCC/C=C/I. The third kappa shape index (κ3) is 16.0. The summed E-state index contributed by atoms with van der Waals surface area (Å²) in [5.41, 5.74) is 0. The number of hydrogen-bond acceptors (Lipinski definition) is 4. The van der Waals surface area contributed by atoms with Gasteiger partial charge in [0.2, 0.25) is 0 Å². The molecule has 1 atom stereocenters. The lowest BCUT2D eigenvalue weighted by Gasteiger charge is -2.08. The van der Waals surface area contributed by atoms with E-state index in [0.717, 1.165) is 19.3 Å². The number of aliphatic hydroxyl groups excluding tert-OH is 1. The summed E-state index contributed by atoms with van der Waals surface area (Å²) in [5, 5.41) is 8.33. The first-order valence-electron chi connectivity index (χ1n) is 7.06. The van der Waals surface area contributed by atoms with Gasteiger partial charge in [-0.3, -0.25) is 9.05 Å². The Bertz CT molecular complexity index is 470. The smallest absolute Gasteiger partial charge is 0.370 e. The molecule has 0 saturated carbocycles. The van der Waals surface area contributed by atoms with Gasteiger partial charge in [0.15, 0.2) is 6.79 Å². The zero-order chi connectivity index (χ0) is 16.5. The highest BCUT2D eigenvalue weighted by Gasteiger charge is 2.19. The Morgan fingerprint density at radius 2 is 1.73 bits per heavy atom. The summed E-state index contributed by atoms with van der Waals surface area (Å²) >= 11 is 2.23. The van der Waals surface area contributed by atoms with Crippen molar-refractivity contribution in [1.29, 1.82) is 0 Å². The first-order chi connectivity index (χ1) is 10.6. The van der Waals surface area contributed by atoms with E-state index in [4.69, 9.17) is 10.00 Å². The summed E-state index contributed by atoms with van der Waals surface area (Å²) in [6, 6.07) is 0. The molecule has 0 aliphatic rings. The van der Waals surface area contributed by atoms with E-state index >= 15 is 0 Å². The molecule has 0 spiro atoms. The fourth-order valence-corrected chi connectivity index (χ4v) is 2.33. The van der Waals surface area contributed by atoms with Crippen LogP contribution >= 0.6 is 30.4 Å². The van der Waals surface area contributed by atoms with Crippen LogP contribution in [0, 0.1) is 23.7 Å². The third-order valence-electron chi connectivity index (χ3n) is 2.45. The fraction of sp³-hybridized carbons (Fsp3) is 0.600. The minimum atomic E-state index is -4.14. The zero-order valence-corrected chi connectivity index (χ0v) is 15.5. The standard InChI is InChI=1S/C15H22IO5P/c16-13-11-9-7-5-3-1-2-4-6-8-10-12-14-20-22(18,19)21-15-17/h11,13,17H,1-3,5,7,9,12,14-15H2,(H,18,19)/b13-11+. The second-order valence-corrected chi connectivity index (χ2v) is 6.40. The number of phosphoric acid groups is 1. The van der Waals surface area contributed by atoms with Crippen molar-refractivity contribution in [2.24, 2.45) is 0 Å². The Hall–Kier alpha value is -0.340. The van der Waals surface area contributed by atoms with Crippen LogP contribution in [0.15, 0.2) is 10.2 Å². The van der Waals surface area contributed by atoms with E-state index < -0.39 is 14.6 Å². The average molecular weight is 440 g/mol. The van der Waals surface area contributed by atoms with Crippen molar-refractivity contribution >= 4 is 30.4 Å². The van der Waals surface area contributed by atoms with Crippen molar-refractivity contribution < 1.29 is 23.6 Å². The molecule has 22 heavy (non-hydrogen) atoms. The molecule has 0 aromatic rings. The molecule has 0 bridgehead atoms. The molecule has 0 saturated heterocycles. The van der Waals surface area contributed by atoms with Crippen LogP contribution in [0.3, 0.4) is 0 Å². The first kappa shape index (κ1) is 21.7. The van der Waals surface area contributed by atoms with Gasteiger partial charge < -0.3 is 10.00 Å². The van der Waals surface area contributed by atoms with Gasteiger partial charge in [-0.05, 0) is 35.2 Å². The van der Waals surface area contributed by atoms with Crippen LogP contribution in [0.1, 0.15) is 44.9 Å². The van der Waals surface area contributed by atoms with Gasteiger partial charge in [-0.1, -0.05) is 53.3 Å². The van der Waals surface area contributed by atoms with Crippen LogP contribution in [0.25, 0.3) is 0 Å². The summed E-state index contributed by atoms with van der Waals surface area (Å²) in [4.78, 5) is 8.98. The second kappa shape index (κ2) is 15.6. The van der Waals surface area contributed by atoms with Crippen molar-refractivity contribution in [3.8, 4) is 23.7 Å². The minimum absolute atomic E-state index is 0.0475. The van der Waals surface area contributed by atoms with Crippen molar-refractivity contribution in [3.05, 3.63) is 10.2 Å². The molecule has 124 valence electrons. The van der Waals surface area contributed by atoms with E-state index in [-0.39, 0.29) is 13.0 Å². The first-order valence-corrected chi connectivity index (χ1v) is 9.80. The van der Waals surface area contributed by atoms with Crippen LogP contribution in [-0.2, 0) is 13.6 Å². The maximum Gasteiger partial charge on any atom is 0.474 e. The van der Waals surface area contributed by atoms with Crippen LogP contribution in [0.4, 0.5) is 0 Å². The van der Waals surface area contributed by atoms with E-state index in [1.165, 1.54) is 19.3 Å². The van der Waals surface area contributed by atoms with Crippen molar-refractivity contribution in [3.63, 3.8) is 0 Å². The normalized spacial score (nSPS) is 13.0. The lowest BCUT2D eigenvalue weighted by Crippen LogP contribution is -1.97. The Kier molecular flexibility index (Phi) is 15.3. The summed E-state index contributed by atoms with van der Waals surface area (Å²) < 4.78 is 21.7. The van der Waals surface area contributed by atoms with Crippen molar-refractivity contribution in [2.75, 3.05) is 13.4 Å². The monoisotopic (exact) mass is 440 g/mol. The number of aliphatic hydroxyl groups is 1. The van der Waals surface area contributed by atoms with Crippen molar-refractivity contribution in [1.82, 2.24) is 0 Å². The van der Waals surface area contributed by atoms with Gasteiger partial charge in [-0.2, -0.15) is 0 Å². The molecule has 0 aromatic heterocycles. The topological polar surface area (TPSA) is 76.0 Å². The van der Waals surface area contributed by atoms with Gasteiger partial charge in [0, 0.05) is 12.8 Å². The molecular weight excluding hydrogens is 418 g/mol. The molecular formula is C15H22IO5P. The molecule has 0 radical (unpaired) electrons. The quantitative estimate of drug-likeness (QED) is 0.168. The number of unbranched alkanes of at least 4 members (excludes halogenated alkanes) is 5. The lowest BCUT2D eigenvalue weighted by atomic mass is 10.1. The van der Waals surface area contributed by atoms with Gasteiger partial charge >= 0.3 is 7.82 Å². The molecule has 0 amide bonds. The summed E-state index contributed by atoms with van der Waals surface area (Å²) in [5.74, 6) is 11.1. The zero-order valence-electron chi connectivity index (χ0n) is 12.5. The Morgan fingerprint density at radius 1 is 1.05 bits per heavy atom. The second-order valence-electron chi connectivity index (χ2n) is 4.23. The molecule has 1 unspecified atom stereocenters. The predicted molar refractivity (Wildman–Crippen MR) is 95.0 cm³/mol. The Labute approximate surface area is 146 Å². The Morgan fingerprint density at radius 3 is 2.41 bits per heavy atom. The average Bonchev–Trinajstić information content (AvgIpc) is 2.47. The molecule has 7 heteroatoms. The van der Waals surface area contributed by atoms with Gasteiger partial charge in [-0.15, -0.1) is 0 Å². The van der Waals surface area contributed by atoms with E-state index in [2.05, 4.69) is 61.4 Å². The minimum Gasteiger partial charge on any atom is -0.370 e. The predicted octanol–water partition coefficient (Wildman–Crippen LogP) is 3.76. The Balaban J connectivity index is 3.54. The van der Waals surface area contributed by atoms with E-state index in [1.807, 2.05) is 4.08 Å². The summed E-state index contributed by atoms with van der Waals surface area (Å²) in [7, 11) is -4.14. The molecule has 2 N–H and O–H groups in total. The molecule has 0 rings (SSSR count). The van der Waals surface area contributed by atoms with Gasteiger partial charge in [0.1, 0.15) is 0 Å². The van der Waals surface area contributed by atoms with Crippen LogP contribution in [-0.4, -0.2) is 23.4 Å². The van der Waals surface area contributed by atoms with E-state index in [9.17, 15) is 4.57 Å². The lowest BCUT2D eigenvalue weighted by molar-refractivity contribution is 0.0528. The van der Waals surface area contributed by atoms with Crippen molar-refractivity contribution in [2.45, 2.75) is 44.9 Å². The number of phosphoric ester groups is 1. The largest absolute Gasteiger partial charge is 0.474 e. The summed E-state index contributed by atoms with van der Waals surface area (Å²) in [6.07, 6.45) is 9.14. The molecule has 0 aliphatic heterocycles. The molecule has 5 nitrogen and oxygen atoms in total. The highest BCUT2D eigenvalue weighted by atomic mass is 127. The highest BCUT2D eigenvalue weighted by Crippen LogP contribution is 2.42. The van der Waals surface area contributed by atoms with E-state index in [1.54, 1.807) is 0 Å². The van der Waals surface area contributed by atoms with Gasteiger partial charge in [0.05, 0.1) is 6.61 Å². The number of halogens is 1. The molecule has 0 fully saturated rings. The highest BCUT2D eigenvalue weighted by molar-refractivity contribution is 14.1. The maximum atomic E-state index is 11.0. The molecule has 0 heterocycles. The molecule has 0 aromatic carbocycles. The van der Waals surface area contributed by atoms with Gasteiger partial charge in [0.25, 0.3) is 0 Å². The van der Waals surface area contributed by atoms with Crippen LogP contribution in [0.2, 0.25) is 0 Å². The number of hydrogen-bond donors (Lipinski definition) is 2. The fourth-order valence-electron chi connectivity index (χ4n) is 1.43. The maximum absolute atomic E-state index is 11.0. The third-order valence-corrected chi connectivity index (χ3v) is 3.91. The van der Waals surface area contributed by atoms with Gasteiger partial charge in [-0.25, -0.2) is 4.57 Å². The van der Waals surface area contributed by atoms with E-state index in [0.29, 0.717) is 0 Å². The molecule has 0 aliphatic carbocycles. The van der Waals surface area contributed by atoms with Crippen LogP contribution in [0.5, 0.6) is 0 Å². The summed E-state index contributed by atoms with van der Waals surface area (Å²) in [6.45, 7) is -0.909. The number of rotatable bonds is 11. The number of allylic oxidation sites excluding steroid dienone is 1.